The van der Waals surface area contributed by atoms with Gasteiger partial charge in [-0.15, -0.1) is 0 Å². The second-order valence-electron chi connectivity index (χ2n) is 5.78. The molecule has 0 aliphatic carbocycles. The fraction of sp³-hybridized carbons (Fsp3) is 0.412. The molecule has 0 bridgehead atoms. The van der Waals surface area contributed by atoms with Gasteiger partial charge in [0.25, 0.3) is 0 Å². The van der Waals surface area contributed by atoms with Crippen molar-refractivity contribution in [1.29, 1.82) is 0 Å². The van der Waals surface area contributed by atoms with Crippen molar-refractivity contribution >= 4 is 5.95 Å². The molecule has 5 nitrogen and oxygen atoms in total. The number of benzene rings is 1. The van der Waals surface area contributed by atoms with Gasteiger partial charge in [0.05, 0.1) is 11.4 Å². The lowest BCUT2D eigenvalue weighted by Crippen LogP contribution is -2.29. The van der Waals surface area contributed by atoms with Crippen molar-refractivity contribution in [2.45, 2.75) is 32.1 Å². The van der Waals surface area contributed by atoms with E-state index in [-0.39, 0.29) is 11.7 Å². The molecule has 1 fully saturated rings. The lowest BCUT2D eigenvalue weighted by molar-refractivity contribution is 0.454. The number of nitrogen functional groups attached to an aromatic ring is 1. The maximum absolute atomic E-state index is 10.2. The maximum Gasteiger partial charge on any atom is 0.220 e. The maximum atomic E-state index is 10.2. The van der Waals surface area contributed by atoms with Crippen molar-refractivity contribution in [1.82, 2.24) is 15.3 Å². The fourth-order valence-electron chi connectivity index (χ4n) is 2.94. The van der Waals surface area contributed by atoms with E-state index in [9.17, 15) is 5.11 Å². The predicted molar refractivity (Wildman–Crippen MR) is 87.8 cm³/mol. The molecule has 116 valence electrons. The zero-order chi connectivity index (χ0) is 15.5. The molecule has 1 aromatic heterocycles. The molecule has 22 heavy (non-hydrogen) atoms. The lowest BCUT2D eigenvalue weighted by Gasteiger charge is -2.22. The van der Waals surface area contributed by atoms with E-state index in [0.717, 1.165) is 49.2 Å². The van der Waals surface area contributed by atoms with Gasteiger partial charge in [0.2, 0.25) is 5.95 Å². The van der Waals surface area contributed by atoms with Crippen LogP contribution in [0.15, 0.2) is 24.3 Å². The highest BCUT2D eigenvalue weighted by atomic mass is 16.3. The molecule has 0 amide bonds. The van der Waals surface area contributed by atoms with Crippen LogP contribution in [0, 0.1) is 0 Å². The average molecular weight is 298 g/mol. The monoisotopic (exact) mass is 298 g/mol. The Morgan fingerprint density at radius 3 is 2.91 bits per heavy atom. The van der Waals surface area contributed by atoms with E-state index in [0.29, 0.717) is 11.6 Å². The number of aromatic hydroxyl groups is 1. The van der Waals surface area contributed by atoms with Crippen LogP contribution in [-0.4, -0.2) is 28.2 Å². The first kappa shape index (κ1) is 14.8. The minimum Gasteiger partial charge on any atom is -0.507 e. The highest BCUT2D eigenvalue weighted by Gasteiger charge is 2.19. The van der Waals surface area contributed by atoms with Crippen molar-refractivity contribution in [3.8, 4) is 17.0 Å². The smallest absolute Gasteiger partial charge is 0.220 e. The molecule has 0 saturated carbocycles. The summed E-state index contributed by atoms with van der Waals surface area (Å²) < 4.78 is 0. The van der Waals surface area contributed by atoms with Crippen LogP contribution >= 0.6 is 0 Å². The zero-order valence-electron chi connectivity index (χ0n) is 12.8. The summed E-state index contributed by atoms with van der Waals surface area (Å²) in [5.41, 5.74) is 9.43. The van der Waals surface area contributed by atoms with Gasteiger partial charge in [-0.05, 0) is 49.6 Å². The van der Waals surface area contributed by atoms with Crippen LogP contribution in [0.3, 0.4) is 0 Å². The number of phenolic OH excluding ortho intramolecular Hbond substituents is 1. The Morgan fingerprint density at radius 1 is 1.32 bits per heavy atom. The van der Waals surface area contributed by atoms with Gasteiger partial charge in [0.1, 0.15) is 5.75 Å². The van der Waals surface area contributed by atoms with Crippen molar-refractivity contribution in [2.24, 2.45) is 0 Å². The van der Waals surface area contributed by atoms with E-state index in [1.807, 2.05) is 18.2 Å². The summed E-state index contributed by atoms with van der Waals surface area (Å²) in [5, 5.41) is 13.6. The topological polar surface area (TPSA) is 84.1 Å². The summed E-state index contributed by atoms with van der Waals surface area (Å²) in [5.74, 6) is 0.844. The second-order valence-corrected chi connectivity index (χ2v) is 5.78. The number of phenols is 1. The fourth-order valence-corrected chi connectivity index (χ4v) is 2.94. The number of aryl methyl sites for hydroxylation is 1. The highest BCUT2D eigenvalue weighted by molar-refractivity contribution is 5.68. The SMILES string of the molecule is CCc1ccc(O)c(-c2cc(C3CCCNC3)nc(N)n2)c1. The molecule has 2 heterocycles. The van der Waals surface area contributed by atoms with Crippen LogP contribution in [-0.2, 0) is 6.42 Å². The molecule has 1 aliphatic rings. The minimum absolute atomic E-state index is 0.225. The summed E-state index contributed by atoms with van der Waals surface area (Å²) in [7, 11) is 0. The minimum atomic E-state index is 0.225. The van der Waals surface area contributed by atoms with Gasteiger partial charge in [-0.1, -0.05) is 13.0 Å². The normalized spacial score (nSPS) is 18.3. The first-order chi connectivity index (χ1) is 10.7. The highest BCUT2D eigenvalue weighted by Crippen LogP contribution is 2.32. The van der Waals surface area contributed by atoms with Gasteiger partial charge < -0.3 is 16.2 Å². The van der Waals surface area contributed by atoms with Crippen molar-refractivity contribution in [3.05, 3.63) is 35.5 Å². The van der Waals surface area contributed by atoms with Gasteiger partial charge in [-0.2, -0.15) is 0 Å². The Morgan fingerprint density at radius 2 is 2.18 bits per heavy atom. The third-order valence-corrected chi connectivity index (χ3v) is 4.22. The number of hydrogen-bond acceptors (Lipinski definition) is 5. The van der Waals surface area contributed by atoms with Crippen LogP contribution in [0.4, 0.5) is 5.95 Å². The zero-order valence-corrected chi connectivity index (χ0v) is 12.8. The number of anilines is 1. The largest absolute Gasteiger partial charge is 0.507 e. The van der Waals surface area contributed by atoms with E-state index in [4.69, 9.17) is 5.73 Å². The average Bonchev–Trinajstić information content (AvgIpc) is 2.55. The third-order valence-electron chi connectivity index (χ3n) is 4.22. The third kappa shape index (κ3) is 3.04. The Kier molecular flexibility index (Phi) is 4.24. The van der Waals surface area contributed by atoms with Crippen LogP contribution in [0.2, 0.25) is 0 Å². The summed E-state index contributed by atoms with van der Waals surface area (Å²) in [4.78, 5) is 8.72. The second kappa shape index (κ2) is 6.32. The van der Waals surface area contributed by atoms with Crippen molar-refractivity contribution < 1.29 is 5.11 Å². The molecule has 1 aromatic carbocycles. The standard InChI is InChI=1S/C17H22N4O/c1-2-11-5-6-16(22)13(8-11)15-9-14(20-17(18)21-15)12-4-3-7-19-10-12/h5-6,8-9,12,19,22H,2-4,7,10H2,1H3,(H2,18,20,21). The molecule has 1 saturated heterocycles. The number of piperidine rings is 1. The van der Waals surface area contributed by atoms with E-state index < -0.39 is 0 Å². The van der Waals surface area contributed by atoms with E-state index >= 15 is 0 Å². The molecule has 4 N–H and O–H groups in total. The van der Waals surface area contributed by atoms with E-state index in [2.05, 4.69) is 22.2 Å². The molecule has 0 spiro atoms. The van der Waals surface area contributed by atoms with E-state index in [1.54, 1.807) is 6.07 Å². The van der Waals surface area contributed by atoms with Crippen LogP contribution < -0.4 is 11.1 Å². The van der Waals surface area contributed by atoms with E-state index in [1.165, 1.54) is 0 Å². The van der Waals surface area contributed by atoms with Gasteiger partial charge in [0, 0.05) is 18.0 Å². The quantitative estimate of drug-likeness (QED) is 0.810. The molecule has 1 aliphatic heterocycles. The Bertz CT molecular complexity index is 666. The number of hydrogen-bond donors (Lipinski definition) is 3. The number of nitrogens with one attached hydrogen (secondary N) is 1. The number of nitrogens with two attached hydrogens (primary N) is 1. The van der Waals surface area contributed by atoms with Crippen LogP contribution in [0.5, 0.6) is 5.75 Å². The summed E-state index contributed by atoms with van der Waals surface area (Å²) >= 11 is 0. The number of nitrogens with zero attached hydrogens (tertiary/aromatic N) is 2. The lowest BCUT2D eigenvalue weighted by atomic mass is 9.94. The molecule has 1 atom stereocenters. The molecule has 1 unspecified atom stereocenters. The van der Waals surface area contributed by atoms with Crippen LogP contribution in [0.25, 0.3) is 11.3 Å². The molecule has 2 aromatic rings. The van der Waals surface area contributed by atoms with Gasteiger partial charge >= 0.3 is 0 Å². The van der Waals surface area contributed by atoms with Crippen molar-refractivity contribution in [3.63, 3.8) is 0 Å². The summed E-state index contributed by atoms with van der Waals surface area (Å²) in [6, 6.07) is 7.58. The Hall–Kier alpha value is -2.14. The Balaban J connectivity index is 2.02. The van der Waals surface area contributed by atoms with Gasteiger partial charge in [0.15, 0.2) is 0 Å². The summed E-state index contributed by atoms with van der Waals surface area (Å²) in [6.45, 7) is 4.06. The number of rotatable bonds is 3. The molecule has 0 radical (unpaired) electrons. The molecule has 3 rings (SSSR count). The first-order valence-electron chi connectivity index (χ1n) is 7.85. The van der Waals surface area contributed by atoms with Gasteiger partial charge in [-0.25, -0.2) is 9.97 Å². The predicted octanol–water partition coefficient (Wildman–Crippen LogP) is 2.46. The van der Waals surface area contributed by atoms with Crippen LogP contribution in [0.1, 0.15) is 36.9 Å². The van der Waals surface area contributed by atoms with Crippen molar-refractivity contribution in [2.75, 3.05) is 18.8 Å². The van der Waals surface area contributed by atoms with Gasteiger partial charge in [-0.3, -0.25) is 0 Å². The summed E-state index contributed by atoms with van der Waals surface area (Å²) in [6.07, 6.45) is 3.15. The first-order valence-corrected chi connectivity index (χ1v) is 7.85. The molecular weight excluding hydrogens is 276 g/mol. The Labute approximate surface area is 130 Å². The molecular formula is C17H22N4O. The number of aromatic nitrogens is 2. The molecule has 5 heteroatoms.